The van der Waals surface area contributed by atoms with Crippen molar-refractivity contribution in [3.05, 3.63) is 35.4 Å². The average molecular weight is 579 g/mol. The zero-order valence-corrected chi connectivity index (χ0v) is 22.5. The maximum absolute atomic E-state index is 12.5. The van der Waals surface area contributed by atoms with Crippen molar-refractivity contribution in [3.8, 4) is 0 Å². The van der Waals surface area contributed by atoms with Crippen LogP contribution in [0.5, 0.6) is 0 Å². The lowest BCUT2D eigenvalue weighted by atomic mass is 10.0. The van der Waals surface area contributed by atoms with Gasteiger partial charge in [0.2, 0.25) is 35.4 Å². The fourth-order valence-electron chi connectivity index (χ4n) is 3.42. The molecule has 0 radical (unpaired) electrons. The molecule has 16 heteroatoms. The molecule has 1 rings (SSSR count). The third-order valence-corrected chi connectivity index (χ3v) is 5.44. The maximum atomic E-state index is 12.5. The Morgan fingerprint density at radius 1 is 0.780 bits per heavy atom. The first kappa shape index (κ1) is 34.0. The first-order valence-corrected chi connectivity index (χ1v) is 12.4. The molecule has 41 heavy (non-hydrogen) atoms. The number of rotatable bonds is 17. The Kier molecular flexibility index (Phi) is 14.0. The van der Waals surface area contributed by atoms with Crippen LogP contribution in [0.1, 0.15) is 37.3 Å². The molecule has 16 nitrogen and oxygen atoms in total. The number of benzene rings is 1. The zero-order chi connectivity index (χ0) is 31.1. The van der Waals surface area contributed by atoms with Gasteiger partial charge in [-0.1, -0.05) is 29.8 Å². The highest BCUT2D eigenvalue weighted by Gasteiger charge is 2.26. The Bertz CT molecular complexity index is 1150. The topological polar surface area (TPSA) is 263 Å². The number of nitrogens with two attached hydrogens (primary N) is 1. The van der Waals surface area contributed by atoms with Crippen LogP contribution in [-0.2, 0) is 44.8 Å². The van der Waals surface area contributed by atoms with Gasteiger partial charge in [-0.15, -0.1) is 0 Å². The second-order valence-electron chi connectivity index (χ2n) is 9.06. The molecule has 0 bridgehead atoms. The van der Waals surface area contributed by atoms with Gasteiger partial charge in [0.25, 0.3) is 0 Å². The van der Waals surface area contributed by atoms with Crippen LogP contribution < -0.4 is 32.3 Å². The van der Waals surface area contributed by atoms with Crippen molar-refractivity contribution in [1.29, 1.82) is 0 Å². The molecule has 0 fully saturated rings. The molecule has 0 saturated carbocycles. The molecule has 6 amide bonds. The predicted octanol–water partition coefficient (Wildman–Crippen LogP) is -2.93. The van der Waals surface area contributed by atoms with Crippen molar-refractivity contribution in [2.45, 2.75) is 57.7 Å². The molecule has 3 unspecified atom stereocenters. The van der Waals surface area contributed by atoms with Crippen LogP contribution in [0.2, 0.25) is 0 Å². The monoisotopic (exact) mass is 578 g/mol. The van der Waals surface area contributed by atoms with Gasteiger partial charge in [0.05, 0.1) is 19.5 Å². The van der Waals surface area contributed by atoms with E-state index in [2.05, 4.69) is 26.6 Å². The van der Waals surface area contributed by atoms with E-state index in [1.54, 1.807) is 24.3 Å². The number of primary amides is 1. The van der Waals surface area contributed by atoms with Crippen molar-refractivity contribution in [2.24, 2.45) is 5.73 Å². The number of hydrogen-bond donors (Lipinski definition) is 8. The van der Waals surface area contributed by atoms with Crippen LogP contribution >= 0.6 is 0 Å². The van der Waals surface area contributed by atoms with E-state index in [0.29, 0.717) is 5.56 Å². The Labute approximate surface area is 234 Å². The van der Waals surface area contributed by atoms with Crippen molar-refractivity contribution in [3.63, 3.8) is 0 Å². The number of aryl methyl sites for hydroxylation is 1. The molecule has 224 valence electrons. The first-order valence-electron chi connectivity index (χ1n) is 12.4. The van der Waals surface area contributed by atoms with Crippen LogP contribution in [0.25, 0.3) is 0 Å². The average Bonchev–Trinajstić information content (AvgIpc) is 2.88. The van der Waals surface area contributed by atoms with Crippen LogP contribution in [0.15, 0.2) is 24.3 Å². The van der Waals surface area contributed by atoms with Gasteiger partial charge in [-0.3, -0.25) is 33.6 Å². The van der Waals surface area contributed by atoms with Gasteiger partial charge in [-0.05, 0) is 18.9 Å². The molecule has 0 aliphatic carbocycles. The van der Waals surface area contributed by atoms with Gasteiger partial charge in [0.15, 0.2) is 0 Å². The minimum absolute atomic E-state index is 0.0238. The van der Waals surface area contributed by atoms with E-state index >= 15 is 0 Å². The number of nitrogens with one attached hydrogen (secondary N) is 5. The lowest BCUT2D eigenvalue weighted by Gasteiger charge is -2.19. The summed E-state index contributed by atoms with van der Waals surface area (Å²) >= 11 is 0. The Morgan fingerprint density at radius 2 is 1.29 bits per heavy atom. The largest absolute Gasteiger partial charge is 0.481 e. The Hall–Kier alpha value is -5.02. The van der Waals surface area contributed by atoms with E-state index in [4.69, 9.17) is 10.8 Å². The summed E-state index contributed by atoms with van der Waals surface area (Å²) in [4.78, 5) is 94.5. The lowest BCUT2D eigenvalue weighted by Crippen LogP contribution is -2.54. The zero-order valence-electron chi connectivity index (χ0n) is 22.5. The molecule has 3 atom stereocenters. The number of hydrogen-bond acceptors (Lipinski definition) is 8. The Balaban J connectivity index is 2.69. The second-order valence-corrected chi connectivity index (χ2v) is 9.06. The highest BCUT2D eigenvalue weighted by molar-refractivity contribution is 5.95. The molecule has 0 aromatic heterocycles. The SMILES string of the molecule is CC(=O)NC(CCC(N)=O)C(=O)NCC(=O)NC(CC(=O)O)C(=O)NCC(=O)NC(Cc1ccc(C)cc1)C(=O)O. The number of carbonyl (C=O) groups is 8. The standard InChI is InChI=1S/C25H34N6O10/c1-13-3-5-15(6-4-13)9-18(25(40)41)31-21(35)12-28-24(39)17(10-22(36)37)30-20(34)11-27-23(38)16(29-14(2)32)7-8-19(26)33/h3-6,16-18H,7-12H2,1-2H3,(H2,26,33)(H,27,38)(H,28,39)(H,29,32)(H,30,34)(H,31,35)(H,36,37)(H,40,41). The number of amides is 6. The normalized spacial score (nSPS) is 12.5. The van der Waals surface area contributed by atoms with E-state index in [-0.39, 0.29) is 19.3 Å². The molecule has 0 saturated heterocycles. The smallest absolute Gasteiger partial charge is 0.326 e. The van der Waals surface area contributed by atoms with E-state index in [1.165, 1.54) is 0 Å². The molecule has 0 heterocycles. The number of carboxylic acid groups (broad SMARTS) is 2. The third kappa shape index (κ3) is 14.1. The number of carboxylic acids is 2. The third-order valence-electron chi connectivity index (χ3n) is 5.44. The summed E-state index contributed by atoms with van der Waals surface area (Å²) in [5, 5.41) is 29.6. The van der Waals surface area contributed by atoms with Gasteiger partial charge in [-0.2, -0.15) is 0 Å². The lowest BCUT2D eigenvalue weighted by molar-refractivity contribution is -0.142. The number of carbonyl (C=O) groups excluding carboxylic acids is 6. The van der Waals surface area contributed by atoms with Gasteiger partial charge in [-0.25, -0.2) is 4.79 Å². The second kappa shape index (κ2) is 16.8. The summed E-state index contributed by atoms with van der Waals surface area (Å²) in [5.74, 6) is -7.77. The highest BCUT2D eigenvalue weighted by Crippen LogP contribution is 2.06. The fraction of sp³-hybridized carbons (Fsp3) is 0.440. The highest BCUT2D eigenvalue weighted by atomic mass is 16.4. The van der Waals surface area contributed by atoms with Crippen molar-refractivity contribution in [1.82, 2.24) is 26.6 Å². The van der Waals surface area contributed by atoms with Crippen LogP contribution in [-0.4, -0.2) is 88.8 Å². The summed E-state index contributed by atoms with van der Waals surface area (Å²) in [6, 6.07) is 2.86. The molecular weight excluding hydrogens is 544 g/mol. The molecule has 9 N–H and O–H groups in total. The number of aliphatic carboxylic acids is 2. The van der Waals surface area contributed by atoms with Gasteiger partial charge < -0.3 is 42.5 Å². The van der Waals surface area contributed by atoms with E-state index < -0.39 is 85.0 Å². The fourth-order valence-corrected chi connectivity index (χ4v) is 3.42. The van der Waals surface area contributed by atoms with E-state index in [1.807, 2.05) is 6.92 Å². The van der Waals surface area contributed by atoms with Crippen LogP contribution in [0.4, 0.5) is 0 Å². The van der Waals surface area contributed by atoms with Crippen molar-refractivity contribution >= 4 is 47.4 Å². The van der Waals surface area contributed by atoms with Gasteiger partial charge >= 0.3 is 11.9 Å². The van der Waals surface area contributed by atoms with Crippen molar-refractivity contribution < 1.29 is 48.6 Å². The molecule has 1 aromatic rings. The molecule has 1 aromatic carbocycles. The van der Waals surface area contributed by atoms with Gasteiger partial charge in [0, 0.05) is 19.8 Å². The minimum Gasteiger partial charge on any atom is -0.481 e. The summed E-state index contributed by atoms with van der Waals surface area (Å²) < 4.78 is 0. The molecule has 0 aliphatic rings. The van der Waals surface area contributed by atoms with E-state index in [9.17, 15) is 43.5 Å². The summed E-state index contributed by atoms with van der Waals surface area (Å²) in [6.07, 6.45) is -1.25. The first-order chi connectivity index (χ1) is 19.2. The Morgan fingerprint density at radius 3 is 1.76 bits per heavy atom. The quantitative estimate of drug-likeness (QED) is 0.0932. The molecule has 0 aliphatic heterocycles. The van der Waals surface area contributed by atoms with Crippen molar-refractivity contribution in [2.75, 3.05) is 13.1 Å². The molecular formula is C25H34N6O10. The van der Waals surface area contributed by atoms with E-state index in [0.717, 1.165) is 12.5 Å². The van der Waals surface area contributed by atoms with Crippen LogP contribution in [0, 0.1) is 6.92 Å². The summed E-state index contributed by atoms with van der Waals surface area (Å²) in [6.45, 7) is 1.57. The van der Waals surface area contributed by atoms with Crippen LogP contribution in [0.3, 0.4) is 0 Å². The predicted molar refractivity (Wildman–Crippen MR) is 141 cm³/mol. The maximum Gasteiger partial charge on any atom is 0.326 e. The van der Waals surface area contributed by atoms with Gasteiger partial charge in [0.1, 0.15) is 18.1 Å². The molecule has 0 spiro atoms. The minimum atomic E-state index is -1.64. The summed E-state index contributed by atoms with van der Waals surface area (Å²) in [7, 11) is 0. The summed E-state index contributed by atoms with van der Waals surface area (Å²) in [5.41, 5.74) is 6.67.